The van der Waals surface area contributed by atoms with E-state index in [1.165, 1.54) is 19.2 Å². The summed E-state index contributed by atoms with van der Waals surface area (Å²) in [6.07, 6.45) is 1.39. The van der Waals surface area contributed by atoms with E-state index >= 15 is 0 Å². The molecule has 0 aliphatic heterocycles. The zero-order chi connectivity index (χ0) is 19.6. The molecule has 7 nitrogen and oxygen atoms in total. The number of aryl methyl sites for hydroxylation is 1. The lowest BCUT2D eigenvalue weighted by atomic mass is 10.3. The van der Waals surface area contributed by atoms with Crippen molar-refractivity contribution in [3.8, 4) is 0 Å². The Bertz CT molecular complexity index is 976. The molecule has 11 heteroatoms. The molecule has 0 bridgehead atoms. The van der Waals surface area contributed by atoms with E-state index in [1.807, 2.05) is 0 Å². The van der Waals surface area contributed by atoms with E-state index < -0.39 is 33.6 Å². The lowest BCUT2D eigenvalue weighted by Crippen LogP contribution is -2.31. The molecule has 1 atom stereocenters. The molecule has 2 aromatic rings. The van der Waals surface area contributed by atoms with Crippen molar-refractivity contribution in [1.82, 2.24) is 14.5 Å². The number of rotatable bonds is 6. The van der Waals surface area contributed by atoms with Crippen LogP contribution in [0.25, 0.3) is 0 Å². The number of amides is 1. The van der Waals surface area contributed by atoms with Gasteiger partial charge in [0.25, 0.3) is 15.9 Å². The summed E-state index contributed by atoms with van der Waals surface area (Å²) in [6.45, 7) is 5.07. The average Bonchev–Trinajstić information content (AvgIpc) is 2.86. The highest BCUT2D eigenvalue weighted by molar-refractivity contribution is 9.10. The number of carbonyl (C=O) groups is 1. The number of benzene rings is 1. The molecule has 0 spiro atoms. The van der Waals surface area contributed by atoms with Crippen molar-refractivity contribution in [1.29, 1.82) is 0 Å². The van der Waals surface area contributed by atoms with Crippen LogP contribution in [0.3, 0.4) is 0 Å². The molecule has 140 valence electrons. The van der Waals surface area contributed by atoms with E-state index in [2.05, 4.69) is 37.6 Å². The van der Waals surface area contributed by atoms with E-state index in [0.717, 1.165) is 16.8 Å². The van der Waals surface area contributed by atoms with Crippen molar-refractivity contribution in [2.45, 2.75) is 18.0 Å². The fourth-order valence-electron chi connectivity index (χ4n) is 2.00. The van der Waals surface area contributed by atoms with Gasteiger partial charge in [-0.1, -0.05) is 6.08 Å². The van der Waals surface area contributed by atoms with Crippen molar-refractivity contribution < 1.29 is 22.0 Å². The van der Waals surface area contributed by atoms with Crippen LogP contribution in [0, 0.1) is 11.6 Å². The molecule has 1 aromatic heterocycles. The van der Waals surface area contributed by atoms with Crippen molar-refractivity contribution in [2.75, 3.05) is 5.32 Å². The summed E-state index contributed by atoms with van der Waals surface area (Å²) >= 11 is 3.07. The van der Waals surface area contributed by atoms with Gasteiger partial charge in [-0.05, 0) is 35.0 Å². The Balaban J connectivity index is 2.36. The normalized spacial score (nSPS) is 12.7. The number of anilines is 1. The lowest BCUT2D eigenvalue weighted by Gasteiger charge is -2.08. The average molecular weight is 449 g/mol. The molecular formula is C15H15BrF2N4O3S. The van der Waals surface area contributed by atoms with Gasteiger partial charge in [-0.15, -0.1) is 6.58 Å². The Morgan fingerprint density at radius 3 is 2.62 bits per heavy atom. The van der Waals surface area contributed by atoms with Gasteiger partial charge >= 0.3 is 0 Å². The van der Waals surface area contributed by atoms with Gasteiger partial charge in [-0.2, -0.15) is 5.10 Å². The first kappa shape index (κ1) is 20.2. The van der Waals surface area contributed by atoms with Crippen LogP contribution >= 0.6 is 15.9 Å². The summed E-state index contributed by atoms with van der Waals surface area (Å²) in [5.74, 6) is -2.94. The van der Waals surface area contributed by atoms with Crippen molar-refractivity contribution in [3.63, 3.8) is 0 Å². The Kier molecular flexibility index (Phi) is 5.94. The molecule has 0 radical (unpaired) electrons. The van der Waals surface area contributed by atoms with Gasteiger partial charge in [-0.25, -0.2) is 21.9 Å². The van der Waals surface area contributed by atoms with E-state index in [-0.39, 0.29) is 20.9 Å². The SMILES string of the molecule is C=CC(C)NS(=O)(=O)c1nn(C)c(C(=O)Nc2ccc(F)c(F)c2)c1Br. The summed E-state index contributed by atoms with van der Waals surface area (Å²) in [4.78, 5) is 12.4. The molecule has 1 unspecified atom stereocenters. The van der Waals surface area contributed by atoms with Gasteiger partial charge in [0.15, 0.2) is 11.6 Å². The van der Waals surface area contributed by atoms with Crippen LogP contribution in [0.1, 0.15) is 17.4 Å². The second-order valence-electron chi connectivity index (χ2n) is 5.32. The molecule has 0 fully saturated rings. The third kappa shape index (κ3) is 4.17. The molecule has 1 heterocycles. The number of nitrogens with zero attached hydrogens (tertiary/aromatic N) is 2. The second kappa shape index (κ2) is 7.64. The first-order valence-electron chi connectivity index (χ1n) is 7.20. The van der Waals surface area contributed by atoms with Crippen LogP contribution in [-0.4, -0.2) is 30.1 Å². The topological polar surface area (TPSA) is 93.1 Å². The summed E-state index contributed by atoms with van der Waals surface area (Å²) in [5.41, 5.74) is -0.105. The van der Waals surface area contributed by atoms with E-state index in [0.29, 0.717) is 0 Å². The van der Waals surface area contributed by atoms with Gasteiger partial charge in [0.1, 0.15) is 5.69 Å². The Hall–Kier alpha value is -2.11. The number of halogens is 3. The molecule has 2 rings (SSSR count). The first-order chi connectivity index (χ1) is 12.1. The highest BCUT2D eigenvalue weighted by Gasteiger charge is 2.29. The quantitative estimate of drug-likeness (QED) is 0.664. The standard InChI is InChI=1S/C15H15BrF2N4O3S/c1-4-8(2)21-26(24,25)15-12(16)13(22(3)20-15)14(23)19-9-5-6-10(17)11(18)7-9/h4-8,21H,1H2,2-3H3,(H,19,23). The first-order valence-corrected chi connectivity index (χ1v) is 9.48. The molecule has 0 saturated heterocycles. The van der Waals surface area contributed by atoms with Gasteiger partial charge in [-0.3, -0.25) is 9.48 Å². The van der Waals surface area contributed by atoms with Crippen LogP contribution in [-0.2, 0) is 17.1 Å². The summed E-state index contributed by atoms with van der Waals surface area (Å²) in [6, 6.07) is 2.29. The third-order valence-corrected chi connectivity index (χ3v) is 5.79. The number of hydrogen-bond donors (Lipinski definition) is 2. The van der Waals surface area contributed by atoms with Crippen molar-refractivity contribution in [2.24, 2.45) is 7.05 Å². The predicted octanol–water partition coefficient (Wildman–Crippen LogP) is 2.57. The Labute approximate surface area is 157 Å². The minimum absolute atomic E-state index is 0.00446. The number of carbonyl (C=O) groups excluding carboxylic acids is 1. The number of sulfonamides is 1. The molecule has 0 aliphatic rings. The molecule has 1 amide bonds. The van der Waals surface area contributed by atoms with E-state index in [9.17, 15) is 22.0 Å². The maximum absolute atomic E-state index is 13.3. The van der Waals surface area contributed by atoms with Gasteiger partial charge in [0.05, 0.1) is 4.47 Å². The van der Waals surface area contributed by atoms with E-state index in [4.69, 9.17) is 0 Å². The van der Waals surface area contributed by atoms with Crippen LogP contribution in [0.2, 0.25) is 0 Å². The van der Waals surface area contributed by atoms with Crippen LogP contribution in [0.4, 0.5) is 14.5 Å². The summed E-state index contributed by atoms with van der Waals surface area (Å²) in [5, 5.41) is 5.83. The Morgan fingerprint density at radius 1 is 1.38 bits per heavy atom. The zero-order valence-corrected chi connectivity index (χ0v) is 16.2. The van der Waals surface area contributed by atoms with E-state index in [1.54, 1.807) is 6.92 Å². The largest absolute Gasteiger partial charge is 0.321 e. The van der Waals surface area contributed by atoms with Crippen molar-refractivity contribution in [3.05, 3.63) is 52.7 Å². The molecule has 26 heavy (non-hydrogen) atoms. The van der Waals surface area contributed by atoms with Gasteiger partial charge < -0.3 is 5.32 Å². The van der Waals surface area contributed by atoms with Crippen LogP contribution in [0.15, 0.2) is 40.4 Å². The molecule has 2 N–H and O–H groups in total. The molecule has 1 aromatic carbocycles. The predicted molar refractivity (Wildman–Crippen MR) is 95.2 cm³/mol. The van der Waals surface area contributed by atoms with Crippen molar-refractivity contribution >= 4 is 37.5 Å². The Morgan fingerprint density at radius 2 is 2.04 bits per heavy atom. The monoisotopic (exact) mass is 448 g/mol. The number of aromatic nitrogens is 2. The van der Waals surface area contributed by atoms with Gasteiger partial charge in [0.2, 0.25) is 5.03 Å². The second-order valence-corrected chi connectivity index (χ2v) is 7.74. The molecular weight excluding hydrogens is 434 g/mol. The fraction of sp³-hybridized carbons (Fsp3) is 0.200. The van der Waals surface area contributed by atoms with Gasteiger partial charge in [0, 0.05) is 24.8 Å². The maximum atomic E-state index is 13.3. The maximum Gasteiger partial charge on any atom is 0.275 e. The minimum Gasteiger partial charge on any atom is -0.321 e. The highest BCUT2D eigenvalue weighted by Crippen LogP contribution is 2.26. The lowest BCUT2D eigenvalue weighted by molar-refractivity contribution is 0.101. The highest BCUT2D eigenvalue weighted by atomic mass is 79.9. The summed E-state index contributed by atoms with van der Waals surface area (Å²) < 4.78 is 54.3. The zero-order valence-electron chi connectivity index (χ0n) is 13.8. The summed E-state index contributed by atoms with van der Waals surface area (Å²) in [7, 11) is -2.64. The van der Waals surface area contributed by atoms with Crippen LogP contribution < -0.4 is 10.0 Å². The smallest absolute Gasteiger partial charge is 0.275 e. The molecule has 0 aliphatic carbocycles. The third-order valence-electron chi connectivity index (χ3n) is 3.30. The van der Waals surface area contributed by atoms with Crippen LogP contribution in [0.5, 0.6) is 0 Å². The number of nitrogens with one attached hydrogen (secondary N) is 2. The number of hydrogen-bond acceptors (Lipinski definition) is 4. The minimum atomic E-state index is -4.01. The molecule has 0 saturated carbocycles. The fourth-order valence-corrected chi connectivity index (χ4v) is 4.42.